The summed E-state index contributed by atoms with van der Waals surface area (Å²) in [5.41, 5.74) is 17.3. The third kappa shape index (κ3) is 5.77. The number of carbonyl (C=O) groups excluding carboxylic acids is 2. The van der Waals surface area contributed by atoms with Crippen molar-refractivity contribution in [2.45, 2.75) is 97.2 Å². The van der Waals surface area contributed by atoms with E-state index in [9.17, 15) is 14.7 Å². The summed E-state index contributed by atoms with van der Waals surface area (Å²) >= 11 is 0. The number of aliphatic hydroxyl groups is 1. The summed E-state index contributed by atoms with van der Waals surface area (Å²) in [6, 6.07) is 0. The molecule has 4 fully saturated rings. The van der Waals surface area contributed by atoms with Gasteiger partial charge in [0.25, 0.3) is 0 Å². The second kappa shape index (κ2) is 11.3. The van der Waals surface area contributed by atoms with E-state index in [1.54, 1.807) is 19.0 Å². The monoisotopic (exact) mass is 546 g/mol. The summed E-state index contributed by atoms with van der Waals surface area (Å²) < 4.78 is 5.69. The minimum Gasteiger partial charge on any atom is -0.445 e. The molecule has 10 nitrogen and oxygen atoms in total. The number of amides is 2. The number of aliphatic imine (C=N–C) groups is 2. The van der Waals surface area contributed by atoms with Gasteiger partial charge >= 0.3 is 6.09 Å². The summed E-state index contributed by atoms with van der Waals surface area (Å²) in [5, 5.41) is 11.6. The van der Waals surface area contributed by atoms with Crippen LogP contribution in [0.25, 0.3) is 0 Å². The first-order valence-electron chi connectivity index (χ1n) is 14.8. The molecule has 7 N–H and O–H groups in total. The maximum Gasteiger partial charge on any atom is 0.437 e. The zero-order valence-corrected chi connectivity index (χ0v) is 24.4. The Kier molecular flexibility index (Phi) is 8.55. The fourth-order valence-electron chi connectivity index (χ4n) is 9.34. The molecule has 4 aliphatic carbocycles. The van der Waals surface area contributed by atoms with Gasteiger partial charge in [-0.05, 0) is 104 Å². The maximum atomic E-state index is 12.4. The molecule has 0 saturated heterocycles. The van der Waals surface area contributed by atoms with Crippen molar-refractivity contribution in [2.75, 3.05) is 14.1 Å². The Balaban J connectivity index is 1.42. The molecule has 1 unspecified atom stereocenters. The molecule has 0 heterocycles. The quantitative estimate of drug-likeness (QED) is 0.303. The Bertz CT molecular complexity index is 1000. The second-order valence-corrected chi connectivity index (χ2v) is 13.6. The molecule has 0 aliphatic heterocycles. The van der Waals surface area contributed by atoms with E-state index >= 15 is 0 Å². The summed E-state index contributed by atoms with van der Waals surface area (Å²) in [7, 11) is 3.44. The predicted octanol–water partition coefficient (Wildman–Crippen LogP) is 3.21. The van der Waals surface area contributed by atoms with Crippen molar-refractivity contribution in [2.24, 2.45) is 73.5 Å². The van der Waals surface area contributed by atoms with Crippen molar-refractivity contribution < 1.29 is 19.4 Å². The molecule has 4 aliphatic rings. The van der Waals surface area contributed by atoms with Crippen molar-refractivity contribution >= 4 is 23.9 Å². The van der Waals surface area contributed by atoms with Crippen molar-refractivity contribution in [3.8, 4) is 0 Å². The minimum atomic E-state index is -0.749. The van der Waals surface area contributed by atoms with Gasteiger partial charge in [-0.15, -0.1) is 4.99 Å². The second-order valence-electron chi connectivity index (χ2n) is 13.6. The molecule has 4 rings (SSSR count). The first-order valence-corrected chi connectivity index (χ1v) is 14.8. The molecule has 220 valence electrons. The molecule has 0 aromatic rings. The van der Waals surface area contributed by atoms with Gasteiger partial charge in [-0.3, -0.25) is 4.79 Å². The largest absolute Gasteiger partial charge is 0.445 e. The first-order chi connectivity index (χ1) is 18.3. The molecule has 4 saturated carbocycles. The van der Waals surface area contributed by atoms with Gasteiger partial charge in [-0.1, -0.05) is 20.8 Å². The smallest absolute Gasteiger partial charge is 0.437 e. The van der Waals surface area contributed by atoms with Gasteiger partial charge in [0.1, 0.15) is 6.10 Å². The van der Waals surface area contributed by atoms with E-state index in [-0.39, 0.29) is 40.9 Å². The van der Waals surface area contributed by atoms with E-state index in [1.807, 2.05) is 0 Å². The maximum absolute atomic E-state index is 12.4. The topological polar surface area (TPSA) is 170 Å². The number of guanidine groups is 2. The fourth-order valence-corrected chi connectivity index (χ4v) is 9.34. The van der Waals surface area contributed by atoms with Crippen LogP contribution < -0.4 is 17.2 Å². The molecule has 0 aromatic heterocycles. The van der Waals surface area contributed by atoms with Crippen LogP contribution in [0.5, 0.6) is 0 Å². The standard InChI is InChI=1S/C29H50N6O4/c1-16(6-9-23(30)37)19-7-8-20-24-21(11-13-29(19,20)3)28(2)12-10-18(14-17(28)15-22(24)36)39-27(38)34-25(31)33-26(32)35(4)5/h16-22,24,36H,6-15H2,1-5H3,(H2,30,37)(H4,31,32,33,34,38)/t16?,17-,18+,19+,20-,21-,22+,24-,28-,29+/m0/s1. The van der Waals surface area contributed by atoms with Gasteiger partial charge in [0, 0.05) is 20.5 Å². The minimum absolute atomic E-state index is 0.122. The molecular formula is C29H50N6O4. The van der Waals surface area contributed by atoms with E-state index < -0.39 is 6.09 Å². The van der Waals surface area contributed by atoms with Crippen LogP contribution in [0.4, 0.5) is 4.79 Å². The Morgan fingerprint density at radius 2 is 1.67 bits per heavy atom. The SMILES string of the molecule is CC(CCC(N)=O)[C@H]1CC[C@H]2[C@@H]3[C@H](O)C[C@@H]4C[C@H](OC(=O)/N=C(N)/N=C(\N)N(C)C)CC[C@]4(C)[C@H]3CC[C@]12C. The zero-order chi connectivity index (χ0) is 28.7. The summed E-state index contributed by atoms with van der Waals surface area (Å²) in [6.07, 6.45) is 7.81. The van der Waals surface area contributed by atoms with E-state index in [1.165, 1.54) is 12.8 Å². The lowest BCUT2D eigenvalue weighted by molar-refractivity contribution is -0.174. The third-order valence-electron chi connectivity index (χ3n) is 11.4. The first kappa shape index (κ1) is 29.6. The summed E-state index contributed by atoms with van der Waals surface area (Å²) in [6.45, 7) is 7.15. The summed E-state index contributed by atoms with van der Waals surface area (Å²) in [4.78, 5) is 33.1. The van der Waals surface area contributed by atoms with Crippen LogP contribution in [0.3, 0.4) is 0 Å². The lowest BCUT2D eigenvalue weighted by Gasteiger charge is -2.62. The average Bonchev–Trinajstić information content (AvgIpc) is 3.20. The van der Waals surface area contributed by atoms with Crippen molar-refractivity contribution in [1.29, 1.82) is 0 Å². The van der Waals surface area contributed by atoms with E-state index in [4.69, 9.17) is 21.9 Å². The molecule has 10 atom stereocenters. The Labute approximate surface area is 233 Å². The molecule has 2 amide bonds. The van der Waals surface area contributed by atoms with Crippen molar-refractivity contribution in [1.82, 2.24) is 4.90 Å². The van der Waals surface area contributed by atoms with Gasteiger partial charge in [-0.25, -0.2) is 4.79 Å². The van der Waals surface area contributed by atoms with Gasteiger partial charge in [-0.2, -0.15) is 4.99 Å². The Morgan fingerprint density at radius 3 is 2.33 bits per heavy atom. The van der Waals surface area contributed by atoms with Gasteiger partial charge in [0.2, 0.25) is 11.9 Å². The molecule has 0 aromatic carbocycles. The summed E-state index contributed by atoms with van der Waals surface area (Å²) in [5.74, 6) is 2.31. The number of hydrogen-bond acceptors (Lipinski definition) is 4. The number of nitrogens with zero attached hydrogens (tertiary/aromatic N) is 3. The predicted molar refractivity (Wildman–Crippen MR) is 151 cm³/mol. The van der Waals surface area contributed by atoms with Gasteiger partial charge < -0.3 is 31.9 Å². The Hall–Kier alpha value is -2.36. The average molecular weight is 547 g/mol. The van der Waals surface area contributed by atoms with Crippen LogP contribution >= 0.6 is 0 Å². The zero-order valence-electron chi connectivity index (χ0n) is 24.4. The highest BCUT2D eigenvalue weighted by Crippen LogP contribution is 2.68. The molecular weight excluding hydrogens is 496 g/mol. The molecule has 39 heavy (non-hydrogen) atoms. The molecule has 0 spiro atoms. The van der Waals surface area contributed by atoms with E-state index in [0.29, 0.717) is 41.9 Å². The number of rotatable bonds is 5. The molecule has 0 radical (unpaired) electrons. The number of nitrogens with two attached hydrogens (primary N) is 3. The van der Waals surface area contributed by atoms with Crippen LogP contribution in [-0.2, 0) is 9.53 Å². The van der Waals surface area contributed by atoms with Crippen molar-refractivity contribution in [3.63, 3.8) is 0 Å². The third-order valence-corrected chi connectivity index (χ3v) is 11.4. The Morgan fingerprint density at radius 1 is 1.00 bits per heavy atom. The number of primary amides is 1. The van der Waals surface area contributed by atoms with Crippen LogP contribution in [0.2, 0.25) is 0 Å². The lowest BCUT2D eigenvalue weighted by Crippen LogP contribution is -2.58. The van der Waals surface area contributed by atoms with Gasteiger partial charge in [0.05, 0.1) is 6.10 Å². The van der Waals surface area contributed by atoms with E-state index in [0.717, 1.165) is 44.9 Å². The number of hydrogen-bond donors (Lipinski definition) is 4. The molecule has 10 heteroatoms. The lowest BCUT2D eigenvalue weighted by atomic mass is 9.43. The number of ether oxygens (including phenoxy) is 1. The normalized spacial score (nSPS) is 41.1. The number of aliphatic hydroxyl groups excluding tert-OH is 1. The highest BCUT2D eigenvalue weighted by molar-refractivity contribution is 5.97. The van der Waals surface area contributed by atoms with Crippen LogP contribution in [0.1, 0.15) is 85.0 Å². The van der Waals surface area contributed by atoms with Crippen LogP contribution in [-0.4, -0.2) is 60.2 Å². The van der Waals surface area contributed by atoms with E-state index in [2.05, 4.69) is 30.8 Å². The van der Waals surface area contributed by atoms with Crippen LogP contribution in [0.15, 0.2) is 9.98 Å². The highest BCUT2D eigenvalue weighted by Gasteiger charge is 2.63. The van der Waals surface area contributed by atoms with Crippen LogP contribution in [0, 0.1) is 46.3 Å². The molecule has 0 bridgehead atoms. The highest BCUT2D eigenvalue weighted by atomic mass is 16.6. The number of fused-ring (bicyclic) bond motifs is 5. The van der Waals surface area contributed by atoms with Gasteiger partial charge in [0.15, 0.2) is 5.96 Å². The fraction of sp³-hybridized carbons (Fsp3) is 0.862. The van der Waals surface area contributed by atoms with Crippen molar-refractivity contribution in [3.05, 3.63) is 0 Å². The number of carbonyl (C=O) groups is 2.